The lowest BCUT2D eigenvalue weighted by Crippen LogP contribution is -2.37. The Morgan fingerprint density at radius 2 is 0.981 bits per heavy atom. The van der Waals surface area contributed by atoms with Crippen molar-refractivity contribution in [2.75, 3.05) is 47.5 Å². The minimum absolute atomic E-state index is 0.0299. The fourth-order valence-corrected chi connectivity index (χ4v) is 6.61. The smallest absolute Gasteiger partial charge is 0.306 e. The number of carbonyl (C=O) groups is 2. The molecule has 0 fully saturated rings. The summed E-state index contributed by atoms with van der Waals surface area (Å²) in [6.45, 7) is 4.22. The number of hydrogen-bond acceptors (Lipinski definition) is 8. The van der Waals surface area contributed by atoms with Gasteiger partial charge in [0.15, 0.2) is 6.10 Å². The van der Waals surface area contributed by atoms with Crippen LogP contribution in [-0.2, 0) is 32.7 Å². The van der Waals surface area contributed by atoms with Crippen LogP contribution >= 0.6 is 7.82 Å². The number of phosphoric ester groups is 1. The van der Waals surface area contributed by atoms with Gasteiger partial charge in [-0.25, -0.2) is 0 Å². The predicted octanol–water partition coefficient (Wildman–Crippen LogP) is 11.2. The zero-order valence-electron chi connectivity index (χ0n) is 34.5. The number of phosphoric acid groups is 1. The fourth-order valence-electron chi connectivity index (χ4n) is 5.88. The van der Waals surface area contributed by atoms with E-state index in [0.717, 1.165) is 51.4 Å². The first-order valence-electron chi connectivity index (χ1n) is 21.4. The second kappa shape index (κ2) is 35.5. The molecule has 0 radical (unpaired) electrons. The largest absolute Gasteiger partial charge is 0.756 e. The number of ether oxygens (including phenoxy) is 2. The van der Waals surface area contributed by atoms with Crippen LogP contribution in [0.5, 0.6) is 0 Å². The van der Waals surface area contributed by atoms with E-state index in [0.29, 0.717) is 17.4 Å². The molecule has 0 saturated carbocycles. The van der Waals surface area contributed by atoms with Crippen LogP contribution in [0.4, 0.5) is 0 Å². The average molecular weight is 760 g/mol. The highest BCUT2D eigenvalue weighted by Crippen LogP contribution is 2.38. The van der Waals surface area contributed by atoms with Crippen molar-refractivity contribution in [2.45, 2.75) is 200 Å². The summed E-state index contributed by atoms with van der Waals surface area (Å²) in [5, 5.41) is 0. The van der Waals surface area contributed by atoms with E-state index < -0.39 is 26.5 Å². The van der Waals surface area contributed by atoms with E-state index in [9.17, 15) is 19.0 Å². The molecule has 0 aliphatic heterocycles. The third-order valence-electron chi connectivity index (χ3n) is 9.29. The van der Waals surface area contributed by atoms with E-state index in [4.69, 9.17) is 18.5 Å². The highest BCUT2D eigenvalue weighted by Gasteiger charge is 2.21. The lowest BCUT2D eigenvalue weighted by Gasteiger charge is -2.28. The van der Waals surface area contributed by atoms with Gasteiger partial charge in [0.1, 0.15) is 19.8 Å². The first kappa shape index (κ1) is 50.8. The van der Waals surface area contributed by atoms with Crippen molar-refractivity contribution in [2.24, 2.45) is 0 Å². The van der Waals surface area contributed by atoms with Gasteiger partial charge in [-0.2, -0.15) is 0 Å². The van der Waals surface area contributed by atoms with Crippen LogP contribution in [0.3, 0.4) is 0 Å². The van der Waals surface area contributed by atoms with Crippen molar-refractivity contribution >= 4 is 19.8 Å². The molecule has 1 unspecified atom stereocenters. The standard InChI is InChI=1S/C42H82NO8P/c1-6-8-10-12-14-16-18-20-21-23-25-27-29-31-33-35-42(45)51-40(39-50-52(46,47)49-37-36-43(3,4)5)38-48-41(44)34-32-30-28-26-24-22-19-17-15-13-11-9-7-2/h21,23,40H,6-20,22,24-39H2,1-5H3/b23-21+/t40-/m1/s1. The van der Waals surface area contributed by atoms with Crippen LogP contribution in [0.1, 0.15) is 194 Å². The maximum absolute atomic E-state index is 12.6. The van der Waals surface area contributed by atoms with E-state index in [-0.39, 0.29) is 32.0 Å². The van der Waals surface area contributed by atoms with Crippen molar-refractivity contribution in [3.05, 3.63) is 12.2 Å². The summed E-state index contributed by atoms with van der Waals surface area (Å²) in [7, 11) is 1.17. The van der Waals surface area contributed by atoms with Gasteiger partial charge in [-0.05, 0) is 38.5 Å². The predicted molar refractivity (Wildman–Crippen MR) is 213 cm³/mol. The number of likely N-dealkylation sites (N-methyl/N-ethyl adjacent to an activating group) is 1. The number of esters is 2. The minimum Gasteiger partial charge on any atom is -0.756 e. The van der Waals surface area contributed by atoms with Crippen LogP contribution in [0, 0.1) is 0 Å². The number of allylic oxidation sites excluding steroid dienone is 2. The van der Waals surface area contributed by atoms with Gasteiger partial charge >= 0.3 is 11.9 Å². The molecule has 0 aliphatic carbocycles. The highest BCUT2D eigenvalue weighted by molar-refractivity contribution is 7.45. The van der Waals surface area contributed by atoms with Gasteiger partial charge in [0.25, 0.3) is 7.82 Å². The summed E-state index contributed by atoms with van der Waals surface area (Å²) in [5.41, 5.74) is 0. The Morgan fingerprint density at radius 1 is 0.577 bits per heavy atom. The molecular weight excluding hydrogens is 677 g/mol. The van der Waals surface area contributed by atoms with Gasteiger partial charge < -0.3 is 27.9 Å². The molecule has 0 aromatic heterocycles. The normalized spacial score (nSPS) is 13.7. The van der Waals surface area contributed by atoms with Crippen LogP contribution in [0.15, 0.2) is 12.2 Å². The Kier molecular flexibility index (Phi) is 34.6. The van der Waals surface area contributed by atoms with Crippen molar-refractivity contribution in [3.8, 4) is 0 Å². The molecule has 10 heteroatoms. The minimum atomic E-state index is -4.62. The summed E-state index contributed by atoms with van der Waals surface area (Å²) in [6, 6.07) is 0. The molecule has 0 aromatic rings. The molecule has 0 aliphatic rings. The Bertz CT molecular complexity index is 907. The first-order chi connectivity index (χ1) is 25.0. The van der Waals surface area contributed by atoms with E-state index in [1.54, 1.807) is 0 Å². The molecule has 52 heavy (non-hydrogen) atoms. The van der Waals surface area contributed by atoms with Crippen molar-refractivity contribution in [3.63, 3.8) is 0 Å². The number of nitrogens with zero attached hydrogens (tertiary/aromatic N) is 1. The summed E-state index contributed by atoms with van der Waals surface area (Å²) >= 11 is 0. The Labute approximate surface area is 320 Å². The fraction of sp³-hybridized carbons (Fsp3) is 0.905. The second-order valence-electron chi connectivity index (χ2n) is 15.7. The zero-order valence-corrected chi connectivity index (χ0v) is 35.4. The lowest BCUT2D eigenvalue weighted by atomic mass is 10.0. The van der Waals surface area contributed by atoms with Crippen LogP contribution in [0.25, 0.3) is 0 Å². The van der Waals surface area contributed by atoms with Crippen LogP contribution in [0.2, 0.25) is 0 Å². The van der Waals surface area contributed by atoms with E-state index >= 15 is 0 Å². The Morgan fingerprint density at radius 3 is 1.42 bits per heavy atom. The van der Waals surface area contributed by atoms with Gasteiger partial charge in [0, 0.05) is 12.8 Å². The maximum atomic E-state index is 12.6. The molecule has 0 spiro atoms. The third-order valence-corrected chi connectivity index (χ3v) is 10.2. The molecule has 9 nitrogen and oxygen atoms in total. The van der Waals surface area contributed by atoms with E-state index in [1.807, 2.05) is 21.1 Å². The second-order valence-corrected chi connectivity index (χ2v) is 17.1. The third kappa shape index (κ3) is 38.5. The molecule has 0 N–H and O–H groups in total. The van der Waals surface area contributed by atoms with E-state index in [2.05, 4.69) is 26.0 Å². The molecule has 0 heterocycles. The molecule has 0 aromatic carbocycles. The summed E-state index contributed by atoms with van der Waals surface area (Å²) in [4.78, 5) is 37.4. The van der Waals surface area contributed by atoms with Crippen molar-refractivity contribution in [1.29, 1.82) is 0 Å². The first-order valence-corrected chi connectivity index (χ1v) is 22.9. The van der Waals surface area contributed by atoms with Crippen molar-refractivity contribution in [1.82, 2.24) is 0 Å². The summed E-state index contributed by atoms with van der Waals surface area (Å²) in [6.07, 6.45) is 35.2. The van der Waals surface area contributed by atoms with Crippen LogP contribution < -0.4 is 4.89 Å². The van der Waals surface area contributed by atoms with Gasteiger partial charge in [0.2, 0.25) is 0 Å². The lowest BCUT2D eigenvalue weighted by molar-refractivity contribution is -0.870. The Balaban J connectivity index is 4.38. The zero-order chi connectivity index (χ0) is 38.6. The topological polar surface area (TPSA) is 111 Å². The quantitative estimate of drug-likeness (QED) is 0.0200. The van der Waals surface area contributed by atoms with Gasteiger partial charge in [0.05, 0.1) is 27.7 Å². The highest BCUT2D eigenvalue weighted by atomic mass is 31.2. The number of unbranched alkanes of at least 4 members (excludes halogenated alkanes) is 23. The Hall–Kier alpha value is -1.25. The summed E-state index contributed by atoms with van der Waals surface area (Å²) < 4.78 is 33.8. The van der Waals surface area contributed by atoms with Crippen LogP contribution in [-0.4, -0.2) is 70.0 Å². The molecular formula is C42H82NO8P. The molecule has 0 amide bonds. The number of hydrogen-bond donors (Lipinski definition) is 0. The number of carbonyl (C=O) groups excluding carboxylic acids is 2. The van der Waals surface area contributed by atoms with Gasteiger partial charge in [-0.15, -0.1) is 0 Å². The molecule has 2 atom stereocenters. The maximum Gasteiger partial charge on any atom is 0.306 e. The molecule has 0 saturated heterocycles. The number of quaternary nitrogens is 1. The van der Waals surface area contributed by atoms with Crippen molar-refractivity contribution < 1.29 is 42.1 Å². The van der Waals surface area contributed by atoms with Gasteiger partial charge in [-0.3, -0.25) is 14.2 Å². The summed E-state index contributed by atoms with van der Waals surface area (Å²) in [5.74, 6) is -0.840. The number of rotatable bonds is 39. The molecule has 0 rings (SSSR count). The van der Waals surface area contributed by atoms with E-state index in [1.165, 1.54) is 109 Å². The average Bonchev–Trinajstić information content (AvgIpc) is 3.09. The SMILES string of the molecule is CCCCCCCCC/C=C/CCCCCCC(=O)O[C@H](COC(=O)CCCCCCCCCCCCCCC)COP(=O)([O-])OCC[N+](C)(C)C. The molecule has 0 bridgehead atoms. The molecule has 308 valence electrons. The van der Waals surface area contributed by atoms with Gasteiger partial charge in [-0.1, -0.05) is 154 Å². The monoisotopic (exact) mass is 760 g/mol.